The van der Waals surface area contributed by atoms with E-state index in [1.54, 1.807) is 6.07 Å². The van der Waals surface area contributed by atoms with Crippen LogP contribution >= 0.6 is 0 Å². The molecule has 1 heterocycles. The molecule has 2 aromatic carbocycles. The van der Waals surface area contributed by atoms with Crippen LogP contribution in [0.4, 0.5) is 18.9 Å². The number of para-hydroxylation sites is 1. The summed E-state index contributed by atoms with van der Waals surface area (Å²) in [4.78, 5) is 12.4. The maximum atomic E-state index is 13.1. The number of carbonyl (C=O) groups excluding carboxylic acids is 1. The highest BCUT2D eigenvalue weighted by molar-refractivity contribution is 6.10. The van der Waals surface area contributed by atoms with E-state index in [0.29, 0.717) is 11.3 Å². The molecule has 0 unspecified atom stereocenters. The Morgan fingerprint density at radius 3 is 2.46 bits per heavy atom. The molecule has 1 amide bonds. The molecule has 0 saturated heterocycles. The van der Waals surface area contributed by atoms with Crippen LogP contribution in [0, 0.1) is 11.3 Å². The van der Waals surface area contributed by atoms with Gasteiger partial charge in [0.25, 0.3) is 5.91 Å². The van der Waals surface area contributed by atoms with Crippen LogP contribution < -0.4 is 5.32 Å². The molecule has 140 valence electrons. The monoisotopic (exact) mass is 382 g/mol. The Bertz CT molecular complexity index is 1060. The highest BCUT2D eigenvalue weighted by atomic mass is 19.4. The van der Waals surface area contributed by atoms with Gasteiger partial charge in [-0.3, -0.25) is 9.89 Å². The van der Waals surface area contributed by atoms with Gasteiger partial charge in [-0.1, -0.05) is 42.5 Å². The highest BCUT2D eigenvalue weighted by Gasteiger charge is 2.33. The summed E-state index contributed by atoms with van der Waals surface area (Å²) in [6.45, 7) is 0. The van der Waals surface area contributed by atoms with Gasteiger partial charge >= 0.3 is 6.18 Å². The van der Waals surface area contributed by atoms with Crippen LogP contribution in [0.25, 0.3) is 17.3 Å². The van der Waals surface area contributed by atoms with Crippen LogP contribution in [-0.4, -0.2) is 16.1 Å². The van der Waals surface area contributed by atoms with Gasteiger partial charge in [0.2, 0.25) is 0 Å². The molecule has 0 bridgehead atoms. The van der Waals surface area contributed by atoms with Gasteiger partial charge in [-0.05, 0) is 18.2 Å². The van der Waals surface area contributed by atoms with Crippen LogP contribution in [0.15, 0.2) is 66.4 Å². The zero-order valence-corrected chi connectivity index (χ0v) is 14.3. The van der Waals surface area contributed by atoms with Gasteiger partial charge < -0.3 is 5.32 Å². The maximum Gasteiger partial charge on any atom is 0.418 e. The molecular weight excluding hydrogens is 369 g/mol. The molecule has 0 aliphatic carbocycles. The van der Waals surface area contributed by atoms with Gasteiger partial charge in [-0.15, -0.1) is 0 Å². The van der Waals surface area contributed by atoms with Gasteiger partial charge in [0.1, 0.15) is 11.6 Å². The first-order chi connectivity index (χ1) is 13.4. The average Bonchev–Trinajstić information content (AvgIpc) is 3.14. The molecule has 28 heavy (non-hydrogen) atoms. The SMILES string of the molecule is N#CC(=Cc1cn[nH]c1-c1ccccc1)C(=O)Nc1ccccc1C(F)(F)F. The molecule has 1 aromatic heterocycles. The number of aromatic amines is 1. The van der Waals surface area contributed by atoms with Crippen LogP contribution in [0.3, 0.4) is 0 Å². The van der Waals surface area contributed by atoms with Crippen molar-refractivity contribution in [1.29, 1.82) is 5.26 Å². The van der Waals surface area contributed by atoms with Gasteiger partial charge in [0.05, 0.1) is 23.1 Å². The predicted octanol–water partition coefficient (Wildman–Crippen LogP) is 4.64. The number of anilines is 1. The summed E-state index contributed by atoms with van der Waals surface area (Å²) < 4.78 is 39.3. The maximum absolute atomic E-state index is 13.1. The standard InChI is InChI=1S/C20H13F3N4O/c21-20(22,23)16-8-4-5-9-17(16)26-19(28)14(11-24)10-15-12-25-27-18(15)13-6-2-1-3-7-13/h1-10,12H,(H,25,27)(H,26,28). The molecule has 0 aliphatic rings. The van der Waals surface area contributed by atoms with Crippen LogP contribution in [0.5, 0.6) is 0 Å². The van der Waals surface area contributed by atoms with Crippen molar-refractivity contribution in [3.63, 3.8) is 0 Å². The number of hydrogen-bond donors (Lipinski definition) is 2. The Labute approximate surface area is 158 Å². The molecule has 0 saturated carbocycles. The zero-order chi connectivity index (χ0) is 20.1. The second-order valence-electron chi connectivity index (χ2n) is 5.73. The van der Waals surface area contributed by atoms with Crippen LogP contribution in [0.2, 0.25) is 0 Å². The van der Waals surface area contributed by atoms with Crippen molar-refractivity contribution in [2.45, 2.75) is 6.18 Å². The molecule has 0 spiro atoms. The number of amides is 1. The molecule has 0 radical (unpaired) electrons. The molecule has 3 aromatic rings. The van der Waals surface area contributed by atoms with Crippen molar-refractivity contribution in [2.75, 3.05) is 5.32 Å². The number of aromatic nitrogens is 2. The van der Waals surface area contributed by atoms with E-state index in [9.17, 15) is 23.2 Å². The average molecular weight is 382 g/mol. The first-order valence-corrected chi connectivity index (χ1v) is 8.08. The van der Waals surface area contributed by atoms with E-state index in [4.69, 9.17) is 0 Å². The lowest BCUT2D eigenvalue weighted by atomic mass is 10.1. The lowest BCUT2D eigenvalue weighted by molar-refractivity contribution is -0.137. The van der Waals surface area contributed by atoms with E-state index in [-0.39, 0.29) is 5.57 Å². The summed E-state index contributed by atoms with van der Waals surface area (Å²) in [6, 6.07) is 15.4. The van der Waals surface area contributed by atoms with Gasteiger partial charge in [0.15, 0.2) is 0 Å². The van der Waals surface area contributed by atoms with Gasteiger partial charge in [-0.25, -0.2) is 0 Å². The Morgan fingerprint density at radius 1 is 1.11 bits per heavy atom. The summed E-state index contributed by atoms with van der Waals surface area (Å²) in [5.74, 6) is -0.945. The van der Waals surface area contributed by atoms with Crippen molar-refractivity contribution in [3.8, 4) is 17.3 Å². The normalized spacial score (nSPS) is 11.7. The number of carbonyl (C=O) groups is 1. The zero-order valence-electron chi connectivity index (χ0n) is 14.3. The minimum absolute atomic E-state index is 0.351. The Morgan fingerprint density at radius 2 is 1.79 bits per heavy atom. The molecule has 0 atom stereocenters. The van der Waals surface area contributed by atoms with Crippen molar-refractivity contribution >= 4 is 17.7 Å². The predicted molar refractivity (Wildman–Crippen MR) is 97.7 cm³/mol. The van der Waals surface area contributed by atoms with E-state index in [2.05, 4.69) is 15.5 Å². The Kier molecular flexibility index (Phi) is 5.27. The van der Waals surface area contributed by atoms with E-state index >= 15 is 0 Å². The molecule has 2 N–H and O–H groups in total. The summed E-state index contributed by atoms with van der Waals surface area (Å²) in [5, 5.41) is 18.2. The second kappa shape index (κ2) is 7.80. The molecule has 0 fully saturated rings. The van der Waals surface area contributed by atoms with E-state index < -0.39 is 23.3 Å². The summed E-state index contributed by atoms with van der Waals surface area (Å²) in [6.07, 6.45) is -1.93. The van der Waals surface area contributed by atoms with Gasteiger partial charge in [-0.2, -0.15) is 23.5 Å². The van der Waals surface area contributed by atoms with Crippen molar-refractivity contribution < 1.29 is 18.0 Å². The number of benzene rings is 2. The highest BCUT2D eigenvalue weighted by Crippen LogP contribution is 2.34. The van der Waals surface area contributed by atoms with E-state index in [1.165, 1.54) is 24.4 Å². The van der Waals surface area contributed by atoms with Crippen molar-refractivity contribution in [2.24, 2.45) is 0 Å². The number of hydrogen-bond acceptors (Lipinski definition) is 3. The topological polar surface area (TPSA) is 81.6 Å². The number of nitriles is 1. The minimum atomic E-state index is -4.63. The summed E-state index contributed by atoms with van der Waals surface area (Å²) in [5.41, 5.74) is 0.0614. The summed E-state index contributed by atoms with van der Waals surface area (Å²) >= 11 is 0. The second-order valence-corrected chi connectivity index (χ2v) is 5.73. The minimum Gasteiger partial charge on any atom is -0.321 e. The summed E-state index contributed by atoms with van der Waals surface area (Å²) in [7, 11) is 0. The molecular formula is C20H13F3N4O. The number of nitrogens with zero attached hydrogens (tertiary/aromatic N) is 2. The van der Waals surface area contributed by atoms with E-state index in [1.807, 2.05) is 30.3 Å². The largest absolute Gasteiger partial charge is 0.418 e. The Hall–Kier alpha value is -3.86. The van der Waals surface area contributed by atoms with Crippen molar-refractivity contribution in [1.82, 2.24) is 10.2 Å². The Balaban J connectivity index is 1.91. The third-order valence-electron chi connectivity index (χ3n) is 3.88. The fourth-order valence-corrected chi connectivity index (χ4v) is 2.57. The van der Waals surface area contributed by atoms with Gasteiger partial charge in [0, 0.05) is 11.1 Å². The van der Waals surface area contributed by atoms with E-state index in [0.717, 1.165) is 17.7 Å². The van der Waals surface area contributed by atoms with Crippen LogP contribution in [-0.2, 0) is 11.0 Å². The van der Waals surface area contributed by atoms with Crippen molar-refractivity contribution in [3.05, 3.63) is 77.5 Å². The fourth-order valence-electron chi connectivity index (χ4n) is 2.57. The fraction of sp³-hybridized carbons (Fsp3) is 0.0500. The number of rotatable bonds is 4. The molecule has 5 nitrogen and oxygen atoms in total. The quantitative estimate of drug-likeness (QED) is 0.509. The lowest BCUT2D eigenvalue weighted by Crippen LogP contribution is -2.17. The third-order valence-corrected chi connectivity index (χ3v) is 3.88. The number of halogens is 3. The first kappa shape index (κ1) is 18.9. The number of H-pyrrole nitrogens is 1. The third kappa shape index (κ3) is 4.10. The molecule has 8 heteroatoms. The first-order valence-electron chi connectivity index (χ1n) is 8.08. The smallest absolute Gasteiger partial charge is 0.321 e. The molecule has 0 aliphatic heterocycles. The number of nitrogens with one attached hydrogen (secondary N) is 2. The molecule has 3 rings (SSSR count). The lowest BCUT2D eigenvalue weighted by Gasteiger charge is -2.13. The van der Waals surface area contributed by atoms with Crippen LogP contribution in [0.1, 0.15) is 11.1 Å². The number of alkyl halides is 3.